The van der Waals surface area contributed by atoms with Crippen LogP contribution in [0.5, 0.6) is 0 Å². The van der Waals surface area contributed by atoms with Gasteiger partial charge in [-0.25, -0.2) is 0 Å². The van der Waals surface area contributed by atoms with Gasteiger partial charge in [-0.05, 0) is 19.8 Å². The number of nitrogens with one attached hydrogen (secondary N) is 1. The highest BCUT2D eigenvalue weighted by Crippen LogP contribution is 2.29. The molecule has 1 aliphatic rings. The van der Waals surface area contributed by atoms with E-state index < -0.39 is 5.54 Å². The minimum Gasteiger partial charge on any atom is -0.368 e. The second-order valence-electron chi connectivity index (χ2n) is 5.52. The minimum absolute atomic E-state index is 0.169. The molecule has 0 spiro atoms. The van der Waals surface area contributed by atoms with Crippen LogP contribution in [0.4, 0.5) is 0 Å². The van der Waals surface area contributed by atoms with E-state index in [0.717, 1.165) is 5.75 Å². The molecule has 3 nitrogen and oxygen atoms in total. The molecular formula is C11H22N2OS. The van der Waals surface area contributed by atoms with Crippen molar-refractivity contribution in [3.8, 4) is 0 Å². The molecule has 0 saturated heterocycles. The summed E-state index contributed by atoms with van der Waals surface area (Å²) in [6.45, 7) is 8.36. The van der Waals surface area contributed by atoms with E-state index in [-0.39, 0.29) is 10.7 Å². The van der Waals surface area contributed by atoms with Gasteiger partial charge in [0, 0.05) is 16.5 Å². The molecule has 1 amide bonds. The van der Waals surface area contributed by atoms with Crippen LogP contribution in [0.25, 0.3) is 0 Å². The number of rotatable bonds is 5. The molecule has 0 bridgehead atoms. The van der Waals surface area contributed by atoms with E-state index in [4.69, 9.17) is 5.73 Å². The van der Waals surface area contributed by atoms with Gasteiger partial charge in [0.05, 0.1) is 0 Å². The number of nitrogens with two attached hydrogens (primary N) is 1. The molecule has 1 aliphatic carbocycles. The third-order valence-electron chi connectivity index (χ3n) is 2.44. The molecule has 0 aliphatic heterocycles. The van der Waals surface area contributed by atoms with E-state index >= 15 is 0 Å². The molecule has 3 N–H and O–H groups in total. The number of carbonyl (C=O) groups excluding carboxylic acids is 1. The normalized spacial score (nSPS) is 21.1. The Kier molecular flexibility index (Phi) is 3.71. The van der Waals surface area contributed by atoms with Crippen molar-refractivity contribution < 1.29 is 4.79 Å². The SMILES string of the molecule is CC(C)(C)SCC(C)(NC1CC1)C(N)=O. The molecule has 0 aromatic carbocycles. The summed E-state index contributed by atoms with van der Waals surface area (Å²) in [4.78, 5) is 11.4. The van der Waals surface area contributed by atoms with Crippen LogP contribution >= 0.6 is 11.8 Å². The number of amides is 1. The molecule has 1 atom stereocenters. The van der Waals surface area contributed by atoms with Gasteiger partial charge in [-0.2, -0.15) is 11.8 Å². The first-order chi connectivity index (χ1) is 6.73. The first-order valence-electron chi connectivity index (χ1n) is 5.44. The molecule has 15 heavy (non-hydrogen) atoms. The zero-order valence-corrected chi connectivity index (χ0v) is 10.9. The highest BCUT2D eigenvalue weighted by molar-refractivity contribution is 8.00. The largest absolute Gasteiger partial charge is 0.368 e. The average molecular weight is 230 g/mol. The lowest BCUT2D eigenvalue weighted by Crippen LogP contribution is -2.56. The molecule has 0 heterocycles. The molecule has 0 aromatic heterocycles. The predicted molar refractivity (Wildman–Crippen MR) is 66.0 cm³/mol. The fourth-order valence-corrected chi connectivity index (χ4v) is 2.17. The second kappa shape index (κ2) is 4.34. The van der Waals surface area contributed by atoms with E-state index in [1.165, 1.54) is 12.8 Å². The van der Waals surface area contributed by atoms with Crippen molar-refractivity contribution in [3.05, 3.63) is 0 Å². The van der Waals surface area contributed by atoms with Crippen molar-refractivity contribution in [2.24, 2.45) is 5.73 Å². The van der Waals surface area contributed by atoms with Gasteiger partial charge in [0.1, 0.15) is 5.54 Å². The first kappa shape index (κ1) is 12.8. The Hall–Kier alpha value is -0.220. The lowest BCUT2D eigenvalue weighted by atomic mass is 10.1. The molecule has 1 fully saturated rings. The number of hydrogen-bond donors (Lipinski definition) is 2. The number of thioether (sulfide) groups is 1. The van der Waals surface area contributed by atoms with Gasteiger partial charge < -0.3 is 11.1 Å². The van der Waals surface area contributed by atoms with Crippen LogP contribution < -0.4 is 11.1 Å². The Morgan fingerprint density at radius 1 is 1.40 bits per heavy atom. The van der Waals surface area contributed by atoms with Gasteiger partial charge in [-0.15, -0.1) is 0 Å². The van der Waals surface area contributed by atoms with Gasteiger partial charge in [-0.1, -0.05) is 20.8 Å². The Labute approximate surface area is 96.6 Å². The topological polar surface area (TPSA) is 55.1 Å². The summed E-state index contributed by atoms with van der Waals surface area (Å²) >= 11 is 1.78. The van der Waals surface area contributed by atoms with Crippen LogP contribution in [0.1, 0.15) is 40.5 Å². The maximum atomic E-state index is 11.4. The summed E-state index contributed by atoms with van der Waals surface area (Å²) in [5, 5.41) is 3.34. The lowest BCUT2D eigenvalue weighted by Gasteiger charge is -2.30. The van der Waals surface area contributed by atoms with Crippen LogP contribution in [-0.2, 0) is 4.79 Å². The van der Waals surface area contributed by atoms with Gasteiger partial charge in [0.2, 0.25) is 5.91 Å². The molecule has 1 saturated carbocycles. The Morgan fingerprint density at radius 2 is 1.93 bits per heavy atom. The first-order valence-corrected chi connectivity index (χ1v) is 6.43. The summed E-state index contributed by atoms with van der Waals surface area (Å²) < 4.78 is 0.169. The van der Waals surface area contributed by atoms with Crippen molar-refractivity contribution in [1.29, 1.82) is 0 Å². The van der Waals surface area contributed by atoms with Gasteiger partial charge in [0.15, 0.2) is 0 Å². The zero-order valence-electron chi connectivity index (χ0n) is 10.1. The van der Waals surface area contributed by atoms with Crippen molar-refractivity contribution in [3.63, 3.8) is 0 Å². The predicted octanol–water partition coefficient (Wildman–Crippen LogP) is 1.51. The molecular weight excluding hydrogens is 208 g/mol. The van der Waals surface area contributed by atoms with Crippen LogP contribution in [-0.4, -0.2) is 28.0 Å². The van der Waals surface area contributed by atoms with Crippen molar-refractivity contribution >= 4 is 17.7 Å². The summed E-state index contributed by atoms with van der Waals surface area (Å²) in [5.41, 5.74) is 4.91. The van der Waals surface area contributed by atoms with E-state index in [1.54, 1.807) is 11.8 Å². The summed E-state index contributed by atoms with van der Waals surface area (Å²) in [5.74, 6) is 0.494. The van der Waals surface area contributed by atoms with Crippen molar-refractivity contribution in [2.45, 2.75) is 56.9 Å². The van der Waals surface area contributed by atoms with E-state index in [0.29, 0.717) is 6.04 Å². The lowest BCUT2D eigenvalue weighted by molar-refractivity contribution is -0.123. The number of carbonyl (C=O) groups is 1. The smallest absolute Gasteiger partial charge is 0.238 e. The molecule has 1 unspecified atom stereocenters. The van der Waals surface area contributed by atoms with E-state index in [9.17, 15) is 4.79 Å². The fourth-order valence-electron chi connectivity index (χ4n) is 1.22. The van der Waals surface area contributed by atoms with Crippen LogP contribution in [0.3, 0.4) is 0 Å². The van der Waals surface area contributed by atoms with Gasteiger partial charge >= 0.3 is 0 Å². The van der Waals surface area contributed by atoms with Crippen LogP contribution in [0.15, 0.2) is 0 Å². The molecule has 4 heteroatoms. The minimum atomic E-state index is -0.556. The summed E-state index contributed by atoms with van der Waals surface area (Å²) in [6.07, 6.45) is 2.34. The Bertz CT molecular complexity index is 245. The third kappa shape index (κ3) is 4.43. The zero-order chi connectivity index (χ0) is 11.7. The Balaban J connectivity index is 2.52. The van der Waals surface area contributed by atoms with E-state index in [1.807, 2.05) is 6.92 Å². The highest BCUT2D eigenvalue weighted by atomic mass is 32.2. The maximum Gasteiger partial charge on any atom is 0.238 e. The van der Waals surface area contributed by atoms with Crippen LogP contribution in [0, 0.1) is 0 Å². The second-order valence-corrected chi connectivity index (χ2v) is 7.32. The standard InChI is InChI=1S/C11H22N2OS/c1-10(2,3)15-7-11(4,9(12)14)13-8-5-6-8/h8,13H,5-7H2,1-4H3,(H2,12,14). The average Bonchev–Trinajstić information content (AvgIpc) is 2.83. The number of primary amides is 1. The van der Waals surface area contributed by atoms with Crippen molar-refractivity contribution in [2.75, 3.05) is 5.75 Å². The van der Waals surface area contributed by atoms with E-state index in [2.05, 4.69) is 26.1 Å². The summed E-state index contributed by atoms with van der Waals surface area (Å²) in [7, 11) is 0. The molecule has 1 rings (SSSR count). The highest BCUT2D eigenvalue weighted by Gasteiger charge is 2.37. The molecule has 88 valence electrons. The molecule has 0 aromatic rings. The third-order valence-corrected chi connectivity index (χ3v) is 4.03. The maximum absolute atomic E-state index is 11.4. The van der Waals surface area contributed by atoms with Gasteiger partial charge in [-0.3, -0.25) is 4.79 Å². The fraction of sp³-hybridized carbons (Fsp3) is 0.909. The monoisotopic (exact) mass is 230 g/mol. The van der Waals surface area contributed by atoms with Crippen LogP contribution in [0.2, 0.25) is 0 Å². The quantitative estimate of drug-likeness (QED) is 0.753. The Morgan fingerprint density at radius 3 is 2.27 bits per heavy atom. The number of hydrogen-bond acceptors (Lipinski definition) is 3. The summed E-state index contributed by atoms with van der Waals surface area (Å²) in [6, 6.07) is 0.503. The molecule has 0 radical (unpaired) electrons. The van der Waals surface area contributed by atoms with Gasteiger partial charge in [0.25, 0.3) is 0 Å². The van der Waals surface area contributed by atoms with Crippen molar-refractivity contribution in [1.82, 2.24) is 5.32 Å².